The van der Waals surface area contributed by atoms with E-state index < -0.39 is 14.9 Å². The summed E-state index contributed by atoms with van der Waals surface area (Å²) in [6.07, 6.45) is 1.66. The molecule has 2 rings (SSSR count). The highest BCUT2D eigenvalue weighted by molar-refractivity contribution is 7.89. The zero-order chi connectivity index (χ0) is 15.1. The predicted molar refractivity (Wildman–Crippen MR) is 75.4 cm³/mol. The fraction of sp³-hybridized carbons (Fsp3) is 0.500. The van der Waals surface area contributed by atoms with Crippen molar-refractivity contribution in [3.8, 4) is 0 Å². The van der Waals surface area contributed by atoms with E-state index in [2.05, 4.69) is 0 Å². The van der Waals surface area contributed by atoms with E-state index in [0.29, 0.717) is 6.54 Å². The highest BCUT2D eigenvalue weighted by Gasteiger charge is 2.37. The molecule has 1 aromatic rings. The fourth-order valence-corrected chi connectivity index (χ4v) is 4.12. The highest BCUT2D eigenvalue weighted by atomic mass is 35.5. The molecule has 0 aliphatic heterocycles. The molecular weight excluding hydrogens is 304 g/mol. The van der Waals surface area contributed by atoms with Crippen LogP contribution in [0.4, 0.5) is 5.69 Å². The summed E-state index contributed by atoms with van der Waals surface area (Å²) in [4.78, 5) is 10.2. The Morgan fingerprint density at radius 1 is 1.45 bits per heavy atom. The van der Waals surface area contributed by atoms with E-state index in [1.54, 1.807) is 6.92 Å². The summed E-state index contributed by atoms with van der Waals surface area (Å²) >= 11 is 5.92. The van der Waals surface area contributed by atoms with Gasteiger partial charge in [0, 0.05) is 24.2 Å². The van der Waals surface area contributed by atoms with E-state index in [9.17, 15) is 18.5 Å². The summed E-state index contributed by atoms with van der Waals surface area (Å²) in [5.41, 5.74) is -0.00647. The summed E-state index contributed by atoms with van der Waals surface area (Å²) in [5, 5.41) is 11.1. The molecule has 0 bridgehead atoms. The average Bonchev–Trinajstić information content (AvgIpc) is 3.16. The maximum absolute atomic E-state index is 12.5. The standard InChI is InChI=1S/C12H15ClN2O4S/c1-3-14(9-4-5-9)20(18,19)10-6-11(13)8(2)12(7-10)15(16)17/h6-7,9H,3-5H2,1-2H3. The molecule has 1 fully saturated rings. The average molecular weight is 319 g/mol. The number of rotatable bonds is 5. The van der Waals surface area contributed by atoms with Crippen molar-refractivity contribution in [2.24, 2.45) is 0 Å². The topological polar surface area (TPSA) is 80.5 Å². The molecule has 0 aromatic heterocycles. The predicted octanol–water partition coefficient (Wildman–Crippen LogP) is 2.73. The molecule has 6 nitrogen and oxygen atoms in total. The maximum Gasteiger partial charge on any atom is 0.275 e. The second-order valence-corrected chi connectivity index (χ2v) is 7.04. The third-order valence-corrected chi connectivity index (χ3v) is 5.76. The first-order valence-electron chi connectivity index (χ1n) is 6.25. The molecule has 1 aliphatic rings. The van der Waals surface area contributed by atoms with Crippen LogP contribution >= 0.6 is 11.6 Å². The van der Waals surface area contributed by atoms with Crippen molar-refractivity contribution in [3.05, 3.63) is 32.8 Å². The van der Waals surface area contributed by atoms with Crippen LogP contribution in [-0.4, -0.2) is 30.2 Å². The molecule has 20 heavy (non-hydrogen) atoms. The van der Waals surface area contributed by atoms with Gasteiger partial charge in [-0.05, 0) is 25.8 Å². The molecule has 1 saturated carbocycles. The zero-order valence-corrected chi connectivity index (χ0v) is 12.7. The second kappa shape index (κ2) is 5.31. The molecule has 110 valence electrons. The van der Waals surface area contributed by atoms with Gasteiger partial charge in [-0.3, -0.25) is 10.1 Å². The van der Waals surface area contributed by atoms with Gasteiger partial charge < -0.3 is 0 Å². The first kappa shape index (κ1) is 15.2. The van der Waals surface area contributed by atoms with Gasteiger partial charge in [0.05, 0.1) is 14.8 Å². The fourth-order valence-electron chi connectivity index (χ4n) is 2.10. The molecule has 0 N–H and O–H groups in total. The Morgan fingerprint density at radius 3 is 2.50 bits per heavy atom. The molecular formula is C12H15ClN2O4S. The molecule has 0 heterocycles. The first-order chi connectivity index (χ1) is 9.28. The van der Waals surface area contributed by atoms with Crippen LogP contribution in [0.1, 0.15) is 25.3 Å². The van der Waals surface area contributed by atoms with Crippen LogP contribution in [0.5, 0.6) is 0 Å². The Kier molecular flexibility index (Phi) is 4.04. The Labute approximate surface area is 122 Å². The van der Waals surface area contributed by atoms with Gasteiger partial charge in [0.15, 0.2) is 0 Å². The molecule has 0 spiro atoms. The van der Waals surface area contributed by atoms with Gasteiger partial charge in [-0.15, -0.1) is 0 Å². The van der Waals surface area contributed by atoms with Crippen LogP contribution in [-0.2, 0) is 10.0 Å². The molecule has 1 aromatic carbocycles. The van der Waals surface area contributed by atoms with Gasteiger partial charge in [0.1, 0.15) is 0 Å². The van der Waals surface area contributed by atoms with E-state index in [1.165, 1.54) is 17.3 Å². The summed E-state index contributed by atoms with van der Waals surface area (Å²) in [7, 11) is -3.74. The highest BCUT2D eigenvalue weighted by Crippen LogP contribution is 2.35. The van der Waals surface area contributed by atoms with Crippen LogP contribution in [0.2, 0.25) is 5.02 Å². The second-order valence-electron chi connectivity index (χ2n) is 4.75. The third kappa shape index (κ3) is 2.65. The number of benzene rings is 1. The van der Waals surface area contributed by atoms with Crippen LogP contribution in [0.25, 0.3) is 0 Å². The van der Waals surface area contributed by atoms with Gasteiger partial charge >= 0.3 is 0 Å². The van der Waals surface area contributed by atoms with E-state index in [4.69, 9.17) is 11.6 Å². The Morgan fingerprint density at radius 2 is 2.05 bits per heavy atom. The van der Waals surface area contributed by atoms with Crippen molar-refractivity contribution in [2.45, 2.75) is 37.6 Å². The summed E-state index contributed by atoms with van der Waals surface area (Å²) in [6, 6.07) is 2.37. The Bertz CT molecular complexity index is 656. The normalized spacial score (nSPS) is 15.6. The van der Waals surface area contributed by atoms with Crippen LogP contribution in [0.3, 0.4) is 0 Å². The number of nitro groups is 1. The zero-order valence-electron chi connectivity index (χ0n) is 11.2. The van der Waals surface area contributed by atoms with E-state index >= 15 is 0 Å². The molecule has 8 heteroatoms. The summed E-state index contributed by atoms with van der Waals surface area (Å²) in [5.74, 6) is 0. The number of hydrogen-bond donors (Lipinski definition) is 0. The lowest BCUT2D eigenvalue weighted by atomic mass is 10.2. The molecule has 0 radical (unpaired) electrons. The smallest absolute Gasteiger partial charge is 0.258 e. The molecule has 0 unspecified atom stereocenters. The minimum Gasteiger partial charge on any atom is -0.258 e. The monoisotopic (exact) mass is 318 g/mol. The van der Waals surface area contributed by atoms with Crippen molar-refractivity contribution in [1.82, 2.24) is 4.31 Å². The molecule has 0 atom stereocenters. The number of nitrogens with zero attached hydrogens (tertiary/aromatic N) is 2. The van der Waals surface area contributed by atoms with Crippen molar-refractivity contribution in [1.29, 1.82) is 0 Å². The number of nitro benzene ring substituents is 1. The minimum absolute atomic E-state index is 0.00383. The van der Waals surface area contributed by atoms with Crippen molar-refractivity contribution < 1.29 is 13.3 Å². The first-order valence-corrected chi connectivity index (χ1v) is 8.07. The minimum atomic E-state index is -3.74. The number of halogens is 1. The summed E-state index contributed by atoms with van der Waals surface area (Å²) < 4.78 is 26.4. The molecule has 1 aliphatic carbocycles. The van der Waals surface area contributed by atoms with Crippen molar-refractivity contribution >= 4 is 27.3 Å². The van der Waals surface area contributed by atoms with Gasteiger partial charge in [-0.25, -0.2) is 8.42 Å². The Hall–Kier alpha value is -1.18. The number of sulfonamides is 1. The SMILES string of the molecule is CCN(C1CC1)S(=O)(=O)c1cc(Cl)c(C)c([N+](=O)[O-])c1. The lowest BCUT2D eigenvalue weighted by Crippen LogP contribution is -2.33. The largest absolute Gasteiger partial charge is 0.275 e. The van der Waals surface area contributed by atoms with Crippen LogP contribution < -0.4 is 0 Å². The lowest BCUT2D eigenvalue weighted by Gasteiger charge is -2.20. The van der Waals surface area contributed by atoms with E-state index in [-0.39, 0.29) is 27.2 Å². The maximum atomic E-state index is 12.5. The lowest BCUT2D eigenvalue weighted by molar-refractivity contribution is -0.385. The molecule has 0 amide bonds. The van der Waals surface area contributed by atoms with Crippen LogP contribution in [0.15, 0.2) is 17.0 Å². The van der Waals surface area contributed by atoms with E-state index in [0.717, 1.165) is 18.9 Å². The number of hydrogen-bond acceptors (Lipinski definition) is 4. The quantitative estimate of drug-likeness (QED) is 0.617. The van der Waals surface area contributed by atoms with Gasteiger partial charge in [-0.1, -0.05) is 18.5 Å². The van der Waals surface area contributed by atoms with Crippen molar-refractivity contribution in [2.75, 3.05) is 6.54 Å². The van der Waals surface area contributed by atoms with E-state index in [1.807, 2.05) is 0 Å². The van der Waals surface area contributed by atoms with Gasteiger partial charge in [-0.2, -0.15) is 4.31 Å². The van der Waals surface area contributed by atoms with Gasteiger partial charge in [0.2, 0.25) is 10.0 Å². The van der Waals surface area contributed by atoms with Gasteiger partial charge in [0.25, 0.3) is 5.69 Å². The third-order valence-electron chi connectivity index (χ3n) is 3.36. The summed E-state index contributed by atoms with van der Waals surface area (Å²) in [6.45, 7) is 3.59. The van der Waals surface area contributed by atoms with Crippen LogP contribution in [0, 0.1) is 17.0 Å². The Balaban J connectivity index is 2.54. The molecule has 0 saturated heterocycles. The van der Waals surface area contributed by atoms with Crippen molar-refractivity contribution in [3.63, 3.8) is 0 Å².